The van der Waals surface area contributed by atoms with Gasteiger partial charge in [-0.15, -0.1) is 0 Å². The zero-order valence-corrected chi connectivity index (χ0v) is 23.1. The van der Waals surface area contributed by atoms with Crippen molar-refractivity contribution < 1.29 is 69.0 Å². The lowest BCUT2D eigenvalue weighted by molar-refractivity contribution is -0.341. The molecule has 0 bridgehead atoms. The van der Waals surface area contributed by atoms with Gasteiger partial charge in [0, 0.05) is 0 Å². The van der Waals surface area contributed by atoms with E-state index in [2.05, 4.69) is 0 Å². The highest BCUT2D eigenvalue weighted by Crippen LogP contribution is 2.34. The quantitative estimate of drug-likeness (QED) is 0.170. The molecule has 0 spiro atoms. The predicted molar refractivity (Wildman–Crippen MR) is 136 cm³/mol. The molecule has 2 heterocycles. The monoisotopic (exact) mass is 592 g/mol. The molecule has 4 rings (SSSR count). The topological polar surface area (TPSA) is 222 Å². The molecule has 14 heteroatoms. The molecule has 41 heavy (non-hydrogen) atoms. The second-order valence-corrected chi connectivity index (χ2v) is 11.7. The van der Waals surface area contributed by atoms with Crippen LogP contribution in [0.3, 0.4) is 0 Å². The number of hydrogen-bond acceptors (Lipinski definition) is 12. The van der Waals surface area contributed by atoms with Gasteiger partial charge in [0.25, 0.3) is 0 Å². The van der Waals surface area contributed by atoms with Gasteiger partial charge in [0.2, 0.25) is 0 Å². The largest absolute Gasteiger partial charge is 0.479 e. The minimum atomic E-state index is -1.87. The Bertz CT molecular complexity index is 867. The highest BCUT2D eigenvalue weighted by Gasteiger charge is 2.52. The molecule has 13 unspecified atom stereocenters. The fourth-order valence-corrected chi connectivity index (χ4v) is 6.29. The van der Waals surface area contributed by atoms with E-state index in [1.54, 1.807) is 0 Å². The number of ether oxygens (including phenoxy) is 5. The zero-order valence-electron chi connectivity index (χ0n) is 23.1. The Labute approximate surface area is 238 Å². The van der Waals surface area contributed by atoms with Crippen molar-refractivity contribution in [2.24, 2.45) is 5.92 Å². The lowest BCUT2D eigenvalue weighted by atomic mass is 9.85. The van der Waals surface area contributed by atoms with Crippen LogP contribution >= 0.6 is 0 Å². The van der Waals surface area contributed by atoms with Crippen LogP contribution in [0.4, 0.5) is 0 Å². The molecule has 4 fully saturated rings. The standard InChI is InChI=1S/C27H44O14/c1-12-17(28)18(29)19(30)26(37-12)39-14-9-5-6-10-15(14)40-27-21(32)22(20(31)23(41-27)25(35)36)38-16(24(33)34)11-13-7-3-2-4-8-13/h12-23,26-32H,2-11H2,1H3,(H,33,34)(H,35,36). The fourth-order valence-electron chi connectivity index (χ4n) is 6.29. The van der Waals surface area contributed by atoms with Crippen LogP contribution in [0.2, 0.25) is 0 Å². The van der Waals surface area contributed by atoms with Crippen LogP contribution in [0.1, 0.15) is 71.1 Å². The number of aliphatic hydroxyl groups excluding tert-OH is 5. The first-order chi connectivity index (χ1) is 19.5. The number of aliphatic carboxylic acids is 2. The maximum absolute atomic E-state index is 12.0. The smallest absolute Gasteiger partial charge is 0.335 e. The van der Waals surface area contributed by atoms with Gasteiger partial charge in [-0.2, -0.15) is 0 Å². The first-order valence-electron chi connectivity index (χ1n) is 14.6. The Morgan fingerprint density at radius 2 is 1.29 bits per heavy atom. The van der Waals surface area contributed by atoms with Gasteiger partial charge in [-0.05, 0) is 32.1 Å². The Hall–Kier alpha value is -1.46. The molecule has 7 N–H and O–H groups in total. The summed E-state index contributed by atoms with van der Waals surface area (Å²) in [5, 5.41) is 71.9. The molecule has 14 nitrogen and oxygen atoms in total. The van der Waals surface area contributed by atoms with E-state index in [0.717, 1.165) is 38.5 Å². The first-order valence-corrected chi connectivity index (χ1v) is 14.6. The average molecular weight is 593 g/mol. The van der Waals surface area contributed by atoms with E-state index in [9.17, 15) is 45.3 Å². The minimum absolute atomic E-state index is 0.0983. The zero-order chi connectivity index (χ0) is 29.8. The average Bonchev–Trinajstić information content (AvgIpc) is 2.94. The van der Waals surface area contributed by atoms with E-state index in [1.807, 2.05) is 0 Å². The third kappa shape index (κ3) is 7.74. The maximum Gasteiger partial charge on any atom is 0.335 e. The van der Waals surface area contributed by atoms with Crippen LogP contribution in [-0.2, 0) is 33.3 Å². The summed E-state index contributed by atoms with van der Waals surface area (Å²) in [7, 11) is 0. The van der Waals surface area contributed by atoms with E-state index in [4.69, 9.17) is 23.7 Å². The maximum atomic E-state index is 12.0. The van der Waals surface area contributed by atoms with Crippen LogP contribution in [0.25, 0.3) is 0 Å². The lowest BCUT2D eigenvalue weighted by Gasteiger charge is -2.45. The highest BCUT2D eigenvalue weighted by molar-refractivity contribution is 5.74. The van der Waals surface area contributed by atoms with Gasteiger partial charge in [0.05, 0.1) is 18.3 Å². The number of rotatable bonds is 10. The van der Waals surface area contributed by atoms with Gasteiger partial charge in [-0.1, -0.05) is 44.9 Å². The van der Waals surface area contributed by atoms with E-state index >= 15 is 0 Å². The van der Waals surface area contributed by atoms with Gasteiger partial charge in [-0.25, -0.2) is 9.59 Å². The molecule has 2 saturated carbocycles. The lowest BCUT2D eigenvalue weighted by Crippen LogP contribution is -2.63. The van der Waals surface area contributed by atoms with Crippen molar-refractivity contribution in [1.82, 2.24) is 0 Å². The van der Waals surface area contributed by atoms with Crippen LogP contribution in [0.15, 0.2) is 0 Å². The summed E-state index contributed by atoms with van der Waals surface area (Å²) >= 11 is 0. The number of hydrogen-bond donors (Lipinski definition) is 7. The van der Waals surface area contributed by atoms with Gasteiger partial charge < -0.3 is 59.4 Å². The van der Waals surface area contributed by atoms with Crippen molar-refractivity contribution in [2.75, 3.05) is 0 Å². The van der Waals surface area contributed by atoms with Crippen LogP contribution in [0, 0.1) is 5.92 Å². The van der Waals surface area contributed by atoms with Crippen molar-refractivity contribution in [3.8, 4) is 0 Å². The van der Waals surface area contributed by atoms with Crippen molar-refractivity contribution in [3.63, 3.8) is 0 Å². The summed E-state index contributed by atoms with van der Waals surface area (Å²) in [5.41, 5.74) is 0. The normalized spacial score (nSPS) is 43.4. The summed E-state index contributed by atoms with van der Waals surface area (Å²) in [4.78, 5) is 24.0. The SMILES string of the molecule is CC1OC(OC2CCCCC2OC2OC(C(=O)O)C(O)C(OC(CC3CCCCC3)C(=O)O)C2O)C(O)C(O)C1O. The molecule has 0 aromatic carbocycles. The van der Waals surface area contributed by atoms with E-state index in [1.165, 1.54) is 6.92 Å². The molecule has 0 aromatic rings. The number of carboxylic acid groups (broad SMARTS) is 2. The molecule has 0 amide bonds. The molecular formula is C27H44O14. The molecule has 2 saturated heterocycles. The number of aliphatic hydroxyl groups is 5. The van der Waals surface area contributed by atoms with Crippen molar-refractivity contribution in [2.45, 2.75) is 151 Å². The Morgan fingerprint density at radius 1 is 0.732 bits per heavy atom. The summed E-state index contributed by atoms with van der Waals surface area (Å²) in [6.45, 7) is 1.52. The minimum Gasteiger partial charge on any atom is -0.479 e. The van der Waals surface area contributed by atoms with Crippen molar-refractivity contribution in [1.29, 1.82) is 0 Å². The molecule has 0 aromatic heterocycles. The van der Waals surface area contributed by atoms with Gasteiger partial charge >= 0.3 is 11.9 Å². The van der Waals surface area contributed by atoms with E-state index < -0.39 is 91.7 Å². The Morgan fingerprint density at radius 3 is 1.85 bits per heavy atom. The van der Waals surface area contributed by atoms with Gasteiger partial charge in [0.15, 0.2) is 24.8 Å². The Balaban J connectivity index is 1.47. The van der Waals surface area contributed by atoms with Crippen LogP contribution in [-0.4, -0.2) is 127 Å². The molecule has 4 aliphatic rings. The van der Waals surface area contributed by atoms with Crippen molar-refractivity contribution in [3.05, 3.63) is 0 Å². The first kappa shape index (κ1) is 32.5. The second kappa shape index (κ2) is 14.3. The third-order valence-electron chi connectivity index (χ3n) is 8.72. The summed E-state index contributed by atoms with van der Waals surface area (Å²) < 4.78 is 28.7. The molecule has 0 radical (unpaired) electrons. The van der Waals surface area contributed by atoms with Crippen LogP contribution in [0.5, 0.6) is 0 Å². The summed E-state index contributed by atoms with van der Waals surface area (Å²) in [6, 6.07) is 0. The number of carbonyl (C=O) groups is 2. The Kier molecular flexibility index (Phi) is 11.4. The molecule has 2 aliphatic carbocycles. The van der Waals surface area contributed by atoms with E-state index in [0.29, 0.717) is 19.3 Å². The molecule has 13 atom stereocenters. The third-order valence-corrected chi connectivity index (χ3v) is 8.72. The van der Waals surface area contributed by atoms with Gasteiger partial charge in [0.1, 0.15) is 36.6 Å². The van der Waals surface area contributed by atoms with Crippen LogP contribution < -0.4 is 0 Å². The number of carboxylic acids is 2. The highest BCUT2D eigenvalue weighted by atomic mass is 16.7. The van der Waals surface area contributed by atoms with E-state index in [-0.39, 0.29) is 12.3 Å². The molecular weight excluding hydrogens is 548 g/mol. The molecule has 236 valence electrons. The summed E-state index contributed by atoms with van der Waals surface area (Å²) in [6.07, 6.45) is -10.9. The fraction of sp³-hybridized carbons (Fsp3) is 0.926. The second-order valence-electron chi connectivity index (χ2n) is 11.7. The van der Waals surface area contributed by atoms with Crippen molar-refractivity contribution >= 4 is 11.9 Å². The molecule has 2 aliphatic heterocycles. The predicted octanol–water partition coefficient (Wildman–Crippen LogP) is -0.502. The summed E-state index contributed by atoms with van der Waals surface area (Å²) in [5.74, 6) is -2.72. The van der Waals surface area contributed by atoms with Gasteiger partial charge in [-0.3, -0.25) is 0 Å².